The Labute approximate surface area is 204 Å². The summed E-state index contributed by atoms with van der Waals surface area (Å²) >= 11 is 1.39. The Kier molecular flexibility index (Phi) is 7.29. The highest BCUT2D eigenvalue weighted by molar-refractivity contribution is 7.90. The third kappa shape index (κ3) is 5.29. The lowest BCUT2D eigenvalue weighted by molar-refractivity contribution is 0.0753. The molecule has 0 N–H and O–H groups in total. The van der Waals surface area contributed by atoms with E-state index in [9.17, 15) is 13.2 Å². The van der Waals surface area contributed by atoms with Crippen LogP contribution in [0.4, 0.5) is 0 Å². The molecule has 34 heavy (non-hydrogen) atoms. The van der Waals surface area contributed by atoms with Crippen molar-refractivity contribution < 1.29 is 13.2 Å². The molecule has 0 saturated heterocycles. The first-order chi connectivity index (χ1) is 16.4. The predicted molar refractivity (Wildman–Crippen MR) is 135 cm³/mol. The van der Waals surface area contributed by atoms with Crippen molar-refractivity contribution in [2.45, 2.75) is 37.8 Å². The van der Waals surface area contributed by atoms with Crippen LogP contribution >= 0.6 is 11.3 Å². The molecule has 0 aliphatic rings. The number of amides is 1. The first-order valence-electron chi connectivity index (χ1n) is 11.1. The van der Waals surface area contributed by atoms with Crippen LogP contribution < -0.4 is 0 Å². The summed E-state index contributed by atoms with van der Waals surface area (Å²) in [4.78, 5) is 19.7. The van der Waals surface area contributed by atoms with E-state index in [0.29, 0.717) is 23.7 Å². The second-order valence-electron chi connectivity index (χ2n) is 8.09. The highest BCUT2D eigenvalue weighted by Crippen LogP contribution is 2.22. The molecule has 0 bridgehead atoms. The minimum atomic E-state index is -3.72. The number of sulfone groups is 1. The Morgan fingerprint density at radius 3 is 2.44 bits per heavy atom. The van der Waals surface area contributed by atoms with E-state index in [1.807, 2.05) is 79.9 Å². The van der Waals surface area contributed by atoms with Crippen molar-refractivity contribution in [3.8, 4) is 0 Å². The van der Waals surface area contributed by atoms with Gasteiger partial charge >= 0.3 is 0 Å². The standard InChI is InChI=1S/C26H27N3O3S2/c1-3-28(25(30)24-14-9-15-33-24)18-23-16-27-26(29(23)17-21-11-5-4-6-12-21)34(31,32)19-22-13-8-7-10-20(22)2/h4-16H,3,17-19H2,1-2H3. The van der Waals surface area contributed by atoms with Crippen molar-refractivity contribution in [1.82, 2.24) is 14.5 Å². The Morgan fingerprint density at radius 1 is 1.03 bits per heavy atom. The van der Waals surface area contributed by atoms with Gasteiger partial charge in [0.15, 0.2) is 0 Å². The fraction of sp³-hybridized carbons (Fsp3) is 0.231. The summed E-state index contributed by atoms with van der Waals surface area (Å²) in [5.41, 5.74) is 3.31. The molecular formula is C26H27N3O3S2. The minimum Gasteiger partial charge on any atom is -0.332 e. The van der Waals surface area contributed by atoms with Crippen molar-refractivity contribution in [2.75, 3.05) is 6.54 Å². The molecule has 2 aromatic heterocycles. The van der Waals surface area contributed by atoms with Crippen LogP contribution in [0.1, 0.15) is 39.0 Å². The molecular weight excluding hydrogens is 466 g/mol. The first kappa shape index (κ1) is 23.9. The molecule has 4 rings (SSSR count). The number of benzene rings is 2. The van der Waals surface area contributed by atoms with Gasteiger partial charge in [-0.1, -0.05) is 60.7 Å². The number of imidazole rings is 1. The molecule has 0 radical (unpaired) electrons. The van der Waals surface area contributed by atoms with Gasteiger partial charge in [-0.05, 0) is 42.0 Å². The maximum Gasteiger partial charge on any atom is 0.264 e. The van der Waals surface area contributed by atoms with Crippen molar-refractivity contribution in [3.05, 3.63) is 106 Å². The summed E-state index contributed by atoms with van der Waals surface area (Å²) in [6.07, 6.45) is 1.58. The fourth-order valence-corrected chi connectivity index (χ4v) is 6.11. The molecule has 0 atom stereocenters. The Balaban J connectivity index is 1.71. The van der Waals surface area contributed by atoms with E-state index in [4.69, 9.17) is 0 Å². The van der Waals surface area contributed by atoms with E-state index in [2.05, 4.69) is 4.98 Å². The van der Waals surface area contributed by atoms with Gasteiger partial charge in [0, 0.05) is 6.54 Å². The molecule has 1 amide bonds. The zero-order chi connectivity index (χ0) is 24.1. The van der Waals surface area contributed by atoms with Crippen molar-refractivity contribution in [3.63, 3.8) is 0 Å². The van der Waals surface area contributed by atoms with Gasteiger partial charge in [-0.3, -0.25) is 4.79 Å². The third-order valence-corrected chi connectivity index (χ3v) is 8.15. The predicted octanol–water partition coefficient (Wildman–Crippen LogP) is 4.94. The van der Waals surface area contributed by atoms with Crippen LogP contribution in [0.3, 0.4) is 0 Å². The average Bonchev–Trinajstić information content (AvgIpc) is 3.50. The van der Waals surface area contributed by atoms with E-state index in [1.165, 1.54) is 11.3 Å². The van der Waals surface area contributed by atoms with Crippen LogP contribution in [0.5, 0.6) is 0 Å². The Morgan fingerprint density at radius 2 is 1.76 bits per heavy atom. The number of hydrogen-bond acceptors (Lipinski definition) is 5. The first-order valence-corrected chi connectivity index (χ1v) is 13.6. The van der Waals surface area contributed by atoms with Crippen LogP contribution in [-0.2, 0) is 28.7 Å². The van der Waals surface area contributed by atoms with E-state index < -0.39 is 9.84 Å². The second-order valence-corrected chi connectivity index (χ2v) is 10.9. The molecule has 0 spiro atoms. The second kappa shape index (κ2) is 10.4. The van der Waals surface area contributed by atoms with Crippen LogP contribution in [0.25, 0.3) is 0 Å². The number of carbonyl (C=O) groups excluding carboxylic acids is 1. The smallest absolute Gasteiger partial charge is 0.264 e. The quantitative estimate of drug-likeness (QED) is 0.331. The van der Waals surface area contributed by atoms with Gasteiger partial charge in [-0.25, -0.2) is 13.4 Å². The highest BCUT2D eigenvalue weighted by Gasteiger charge is 2.26. The summed E-state index contributed by atoms with van der Waals surface area (Å²) in [6, 6.07) is 20.8. The minimum absolute atomic E-state index is 0.0224. The van der Waals surface area contributed by atoms with E-state index in [0.717, 1.165) is 16.7 Å². The number of aryl methyl sites for hydroxylation is 1. The molecule has 0 saturated carbocycles. The van der Waals surface area contributed by atoms with E-state index in [1.54, 1.807) is 21.7 Å². The Bertz CT molecular complexity index is 1360. The molecule has 0 aliphatic carbocycles. The lowest BCUT2D eigenvalue weighted by atomic mass is 10.1. The summed E-state index contributed by atoms with van der Waals surface area (Å²) < 4.78 is 28.7. The van der Waals surface area contributed by atoms with Gasteiger partial charge in [0.2, 0.25) is 15.0 Å². The van der Waals surface area contributed by atoms with Crippen LogP contribution in [0, 0.1) is 6.92 Å². The molecule has 4 aromatic rings. The number of carbonyl (C=O) groups is 1. The van der Waals surface area contributed by atoms with Crippen molar-refractivity contribution in [2.24, 2.45) is 0 Å². The van der Waals surface area contributed by atoms with Gasteiger partial charge in [0.05, 0.1) is 35.6 Å². The number of hydrogen-bond donors (Lipinski definition) is 0. The van der Waals surface area contributed by atoms with Gasteiger partial charge in [-0.2, -0.15) is 0 Å². The zero-order valence-electron chi connectivity index (χ0n) is 19.2. The van der Waals surface area contributed by atoms with Crippen molar-refractivity contribution in [1.29, 1.82) is 0 Å². The summed E-state index contributed by atoms with van der Waals surface area (Å²) in [7, 11) is -3.72. The lowest BCUT2D eigenvalue weighted by Gasteiger charge is -2.21. The molecule has 0 fully saturated rings. The molecule has 2 heterocycles. The molecule has 6 nitrogen and oxygen atoms in total. The van der Waals surface area contributed by atoms with E-state index >= 15 is 0 Å². The number of aromatic nitrogens is 2. The maximum absolute atomic E-state index is 13.5. The highest BCUT2D eigenvalue weighted by atomic mass is 32.2. The summed E-state index contributed by atoms with van der Waals surface area (Å²) in [6.45, 7) is 4.94. The van der Waals surface area contributed by atoms with Crippen LogP contribution in [-0.4, -0.2) is 35.3 Å². The monoisotopic (exact) mass is 493 g/mol. The topological polar surface area (TPSA) is 72.3 Å². The number of nitrogens with zero attached hydrogens (tertiary/aromatic N) is 3. The molecule has 0 aliphatic heterocycles. The SMILES string of the molecule is CCN(Cc1cnc(S(=O)(=O)Cc2ccccc2C)n1Cc1ccccc1)C(=O)c1cccs1. The van der Waals surface area contributed by atoms with Gasteiger partial charge in [0.25, 0.3) is 5.91 Å². The number of thiophene rings is 1. The molecule has 2 aromatic carbocycles. The zero-order valence-corrected chi connectivity index (χ0v) is 20.8. The van der Waals surface area contributed by atoms with Crippen LogP contribution in [0.2, 0.25) is 0 Å². The number of rotatable bonds is 9. The normalized spacial score (nSPS) is 11.5. The molecule has 0 unspecified atom stereocenters. The summed E-state index contributed by atoms with van der Waals surface area (Å²) in [5.74, 6) is -0.203. The molecule has 176 valence electrons. The maximum atomic E-state index is 13.5. The fourth-order valence-electron chi connectivity index (χ4n) is 3.82. The largest absolute Gasteiger partial charge is 0.332 e. The van der Waals surface area contributed by atoms with Gasteiger partial charge in [0.1, 0.15) is 0 Å². The Hall–Kier alpha value is -3.23. The van der Waals surface area contributed by atoms with Gasteiger partial charge < -0.3 is 9.47 Å². The molecule has 8 heteroatoms. The van der Waals surface area contributed by atoms with Crippen molar-refractivity contribution >= 4 is 27.1 Å². The third-order valence-electron chi connectivity index (χ3n) is 5.72. The van der Waals surface area contributed by atoms with Gasteiger partial charge in [-0.15, -0.1) is 11.3 Å². The van der Waals surface area contributed by atoms with E-state index in [-0.39, 0.29) is 23.4 Å². The average molecular weight is 494 g/mol. The van der Waals surface area contributed by atoms with Crippen LogP contribution in [0.15, 0.2) is 83.5 Å². The lowest BCUT2D eigenvalue weighted by Crippen LogP contribution is -2.31. The summed E-state index contributed by atoms with van der Waals surface area (Å²) in [5, 5.41) is 1.89.